The van der Waals surface area contributed by atoms with E-state index in [4.69, 9.17) is 0 Å². The van der Waals surface area contributed by atoms with Gasteiger partial charge in [-0.3, -0.25) is 4.79 Å². The van der Waals surface area contributed by atoms with Crippen LogP contribution in [0.4, 0.5) is 0 Å². The quantitative estimate of drug-likeness (QED) is 0.844. The Balaban J connectivity index is 2.25. The van der Waals surface area contributed by atoms with Gasteiger partial charge in [-0.1, -0.05) is 29.9 Å². The van der Waals surface area contributed by atoms with E-state index in [0.717, 1.165) is 5.56 Å². The minimum Gasteiger partial charge on any atom is -0.355 e. The van der Waals surface area contributed by atoms with Gasteiger partial charge in [0.2, 0.25) is 0 Å². The fourth-order valence-corrected chi connectivity index (χ4v) is 1.76. The zero-order valence-electron chi connectivity index (χ0n) is 10.3. The van der Waals surface area contributed by atoms with Crippen LogP contribution in [0.25, 0.3) is 6.08 Å². The van der Waals surface area contributed by atoms with Crippen LogP contribution in [0.5, 0.6) is 0 Å². The van der Waals surface area contributed by atoms with Gasteiger partial charge in [-0.05, 0) is 43.0 Å². The van der Waals surface area contributed by atoms with Gasteiger partial charge in [0.05, 0.1) is 0 Å². The molecule has 1 amide bonds. The maximum Gasteiger partial charge on any atom is 0.251 e. The number of benzene rings is 1. The summed E-state index contributed by atoms with van der Waals surface area (Å²) in [6, 6.07) is 5.78. The SMILES string of the molecule is CNC(=O)c1ccc(C)c(/C=C/C2=CCC2)c1. The van der Waals surface area contributed by atoms with Crippen LogP contribution in [0.1, 0.15) is 34.3 Å². The van der Waals surface area contributed by atoms with E-state index in [-0.39, 0.29) is 5.91 Å². The van der Waals surface area contributed by atoms with Gasteiger partial charge >= 0.3 is 0 Å². The third-order valence-corrected chi connectivity index (χ3v) is 3.08. The normalized spacial score (nSPS) is 14.4. The summed E-state index contributed by atoms with van der Waals surface area (Å²) in [7, 11) is 1.65. The van der Waals surface area contributed by atoms with E-state index < -0.39 is 0 Å². The summed E-state index contributed by atoms with van der Waals surface area (Å²) < 4.78 is 0. The Kier molecular flexibility index (Phi) is 3.43. The van der Waals surface area contributed by atoms with E-state index in [1.807, 2.05) is 18.2 Å². The highest BCUT2D eigenvalue weighted by molar-refractivity contribution is 5.94. The molecule has 0 unspecified atom stereocenters. The zero-order chi connectivity index (χ0) is 12.3. The fraction of sp³-hybridized carbons (Fsp3) is 0.267. The smallest absolute Gasteiger partial charge is 0.251 e. The van der Waals surface area contributed by atoms with E-state index >= 15 is 0 Å². The van der Waals surface area contributed by atoms with Crippen LogP contribution in [0.3, 0.4) is 0 Å². The summed E-state index contributed by atoms with van der Waals surface area (Å²) in [5.74, 6) is -0.0393. The highest BCUT2D eigenvalue weighted by Crippen LogP contribution is 2.21. The third kappa shape index (κ3) is 2.64. The zero-order valence-corrected chi connectivity index (χ0v) is 10.3. The van der Waals surface area contributed by atoms with Gasteiger partial charge in [0, 0.05) is 12.6 Å². The molecule has 1 aliphatic rings. The number of nitrogens with one attached hydrogen (secondary N) is 1. The van der Waals surface area contributed by atoms with Gasteiger partial charge in [-0.25, -0.2) is 0 Å². The van der Waals surface area contributed by atoms with Crippen LogP contribution >= 0.6 is 0 Å². The van der Waals surface area contributed by atoms with E-state index in [0.29, 0.717) is 5.56 Å². The minimum absolute atomic E-state index is 0.0393. The molecule has 0 atom stereocenters. The number of hydrogen-bond acceptors (Lipinski definition) is 1. The van der Waals surface area contributed by atoms with E-state index in [9.17, 15) is 4.79 Å². The highest BCUT2D eigenvalue weighted by atomic mass is 16.1. The summed E-state index contributed by atoms with van der Waals surface area (Å²) in [4.78, 5) is 11.5. The van der Waals surface area contributed by atoms with Crippen molar-refractivity contribution in [2.75, 3.05) is 7.05 Å². The molecule has 1 aromatic carbocycles. The third-order valence-electron chi connectivity index (χ3n) is 3.08. The van der Waals surface area contributed by atoms with Gasteiger partial charge < -0.3 is 5.32 Å². The fourth-order valence-electron chi connectivity index (χ4n) is 1.76. The van der Waals surface area contributed by atoms with E-state index in [1.165, 1.54) is 24.0 Å². The molecular weight excluding hydrogens is 210 g/mol. The molecule has 0 heterocycles. The van der Waals surface area contributed by atoms with Crippen molar-refractivity contribution in [2.45, 2.75) is 19.8 Å². The van der Waals surface area contributed by atoms with Crippen LogP contribution in [0.2, 0.25) is 0 Å². The minimum atomic E-state index is -0.0393. The monoisotopic (exact) mass is 227 g/mol. The van der Waals surface area contributed by atoms with E-state index in [1.54, 1.807) is 7.05 Å². The van der Waals surface area contributed by atoms with Gasteiger partial charge in [-0.15, -0.1) is 0 Å². The van der Waals surface area contributed by atoms with Gasteiger partial charge in [0.25, 0.3) is 5.91 Å². The molecule has 2 heteroatoms. The molecule has 0 bridgehead atoms. The molecule has 0 saturated carbocycles. The average Bonchev–Trinajstić information content (AvgIpc) is 2.28. The highest BCUT2D eigenvalue weighted by Gasteiger charge is 2.05. The first-order valence-electron chi connectivity index (χ1n) is 5.90. The number of carbonyl (C=O) groups is 1. The Morgan fingerprint density at radius 1 is 1.35 bits per heavy atom. The number of carbonyl (C=O) groups excluding carboxylic acids is 1. The Morgan fingerprint density at radius 3 is 2.71 bits per heavy atom. The summed E-state index contributed by atoms with van der Waals surface area (Å²) >= 11 is 0. The molecule has 1 aromatic rings. The van der Waals surface area contributed by atoms with Crippen LogP contribution < -0.4 is 5.32 Å². The Morgan fingerprint density at radius 2 is 2.12 bits per heavy atom. The van der Waals surface area contributed by atoms with Crippen molar-refractivity contribution in [1.29, 1.82) is 0 Å². The van der Waals surface area contributed by atoms with Crippen LogP contribution in [-0.4, -0.2) is 13.0 Å². The predicted octanol–water partition coefficient (Wildman–Crippen LogP) is 3.09. The Hall–Kier alpha value is -1.83. The van der Waals surface area contributed by atoms with Gasteiger partial charge in [0.1, 0.15) is 0 Å². The number of aryl methyl sites for hydroxylation is 1. The number of hydrogen-bond donors (Lipinski definition) is 1. The van der Waals surface area contributed by atoms with E-state index in [2.05, 4.69) is 30.5 Å². The topological polar surface area (TPSA) is 29.1 Å². The first-order chi connectivity index (χ1) is 8.20. The first-order valence-corrected chi connectivity index (χ1v) is 5.90. The largest absolute Gasteiger partial charge is 0.355 e. The lowest BCUT2D eigenvalue weighted by atomic mass is 9.97. The van der Waals surface area contributed by atoms with Crippen molar-refractivity contribution in [3.05, 3.63) is 52.6 Å². The first kappa shape index (κ1) is 11.6. The molecule has 0 fully saturated rings. The van der Waals surface area contributed by atoms with Gasteiger partial charge in [0.15, 0.2) is 0 Å². The summed E-state index contributed by atoms with van der Waals surface area (Å²) in [5, 5.41) is 2.64. The van der Waals surface area contributed by atoms with Crippen molar-refractivity contribution in [3.63, 3.8) is 0 Å². The molecule has 0 aromatic heterocycles. The lowest BCUT2D eigenvalue weighted by Crippen LogP contribution is -2.17. The molecule has 1 aliphatic carbocycles. The molecule has 17 heavy (non-hydrogen) atoms. The van der Waals surface area contributed by atoms with Crippen molar-refractivity contribution in [1.82, 2.24) is 5.32 Å². The van der Waals surface area contributed by atoms with Crippen LogP contribution in [0, 0.1) is 6.92 Å². The lowest BCUT2D eigenvalue weighted by molar-refractivity contribution is 0.0963. The number of rotatable bonds is 3. The number of allylic oxidation sites excluding steroid dienone is 3. The number of amides is 1. The summed E-state index contributed by atoms with van der Waals surface area (Å²) in [6.07, 6.45) is 8.82. The van der Waals surface area contributed by atoms with Crippen molar-refractivity contribution in [2.24, 2.45) is 0 Å². The van der Waals surface area contributed by atoms with Crippen LogP contribution in [0.15, 0.2) is 35.9 Å². The Bertz CT molecular complexity index is 498. The Labute approximate surface area is 102 Å². The second-order valence-electron chi connectivity index (χ2n) is 4.30. The molecular formula is C15H17NO. The molecule has 0 spiro atoms. The maximum absolute atomic E-state index is 11.5. The van der Waals surface area contributed by atoms with Crippen LogP contribution in [-0.2, 0) is 0 Å². The molecule has 88 valence electrons. The molecule has 2 rings (SSSR count). The van der Waals surface area contributed by atoms with Crippen molar-refractivity contribution < 1.29 is 4.79 Å². The summed E-state index contributed by atoms with van der Waals surface area (Å²) in [6.45, 7) is 2.06. The molecule has 0 aliphatic heterocycles. The molecule has 0 saturated heterocycles. The van der Waals surface area contributed by atoms with Gasteiger partial charge in [-0.2, -0.15) is 0 Å². The maximum atomic E-state index is 11.5. The second-order valence-corrected chi connectivity index (χ2v) is 4.30. The molecule has 2 nitrogen and oxygen atoms in total. The second kappa shape index (κ2) is 5.00. The standard InChI is InChI=1S/C15H17NO/c1-11-6-8-14(15(17)16-2)10-13(11)9-7-12-4-3-5-12/h4,6-10H,3,5H2,1-2H3,(H,16,17)/b9-7+. The van der Waals surface area contributed by atoms with Crippen molar-refractivity contribution in [3.8, 4) is 0 Å². The average molecular weight is 227 g/mol. The molecule has 1 N–H and O–H groups in total. The van der Waals surface area contributed by atoms with Crippen molar-refractivity contribution >= 4 is 12.0 Å². The predicted molar refractivity (Wildman–Crippen MR) is 70.9 cm³/mol. The summed E-state index contributed by atoms with van der Waals surface area (Å²) in [5.41, 5.74) is 4.39. The lowest BCUT2D eigenvalue weighted by Gasteiger charge is -2.09. The molecule has 0 radical (unpaired) electrons.